The van der Waals surface area contributed by atoms with E-state index >= 15 is 0 Å². The van der Waals surface area contributed by atoms with Gasteiger partial charge in [0, 0.05) is 17.3 Å². The van der Waals surface area contributed by atoms with Crippen molar-refractivity contribution in [2.24, 2.45) is 0 Å². The molecule has 1 aromatic heterocycles. The molecule has 0 unspecified atom stereocenters. The second kappa shape index (κ2) is 7.52. The van der Waals surface area contributed by atoms with Crippen LogP contribution >= 0.6 is 0 Å². The van der Waals surface area contributed by atoms with Gasteiger partial charge in [-0.25, -0.2) is 4.98 Å². The Labute approximate surface area is 149 Å². The Morgan fingerprint density at radius 2 is 1.85 bits per heavy atom. The molecule has 2 aromatic carbocycles. The molecule has 0 radical (unpaired) electrons. The number of methoxy groups -OCH3 is 1. The summed E-state index contributed by atoms with van der Waals surface area (Å²) in [6.45, 7) is -0.157. The van der Waals surface area contributed by atoms with E-state index in [0.29, 0.717) is 17.1 Å². The Balaban J connectivity index is 1.71. The number of phenols is 1. The van der Waals surface area contributed by atoms with E-state index in [1.165, 1.54) is 29.1 Å². The summed E-state index contributed by atoms with van der Waals surface area (Å²) in [5, 5.41) is 11.9. The van der Waals surface area contributed by atoms with Gasteiger partial charge in [-0.15, -0.1) is 0 Å². The average molecular weight is 351 g/mol. The zero-order valence-electron chi connectivity index (χ0n) is 14.0. The molecule has 0 spiro atoms. The van der Waals surface area contributed by atoms with Gasteiger partial charge >= 0.3 is 0 Å². The number of carbonyl (C=O) groups excluding carboxylic acids is 1. The minimum atomic E-state index is -0.364. The van der Waals surface area contributed by atoms with Crippen molar-refractivity contribution >= 4 is 11.6 Å². The number of hydrogen-bond acceptors (Lipinski definition) is 5. The summed E-state index contributed by atoms with van der Waals surface area (Å²) in [5.74, 6) is 0.460. The third-order valence-corrected chi connectivity index (χ3v) is 3.73. The van der Waals surface area contributed by atoms with Gasteiger partial charge in [0.15, 0.2) is 0 Å². The molecule has 0 fully saturated rings. The summed E-state index contributed by atoms with van der Waals surface area (Å²) in [5.41, 5.74) is 1.51. The largest absolute Gasteiger partial charge is 0.508 e. The van der Waals surface area contributed by atoms with Gasteiger partial charge in [-0.2, -0.15) is 0 Å². The van der Waals surface area contributed by atoms with E-state index in [-0.39, 0.29) is 23.8 Å². The summed E-state index contributed by atoms with van der Waals surface area (Å²) >= 11 is 0. The fourth-order valence-electron chi connectivity index (χ4n) is 2.36. The molecule has 0 aliphatic rings. The lowest BCUT2D eigenvalue weighted by atomic mass is 10.1. The second-order valence-corrected chi connectivity index (χ2v) is 5.56. The van der Waals surface area contributed by atoms with Crippen LogP contribution in [0.4, 0.5) is 5.69 Å². The molecule has 0 saturated carbocycles. The fourth-order valence-corrected chi connectivity index (χ4v) is 2.36. The molecule has 3 rings (SSSR count). The Kier molecular flexibility index (Phi) is 4.98. The zero-order chi connectivity index (χ0) is 18.5. The summed E-state index contributed by atoms with van der Waals surface area (Å²) in [6, 6.07) is 14.6. The zero-order valence-corrected chi connectivity index (χ0v) is 14.0. The molecule has 7 heteroatoms. The van der Waals surface area contributed by atoms with Crippen LogP contribution in [0.15, 0.2) is 65.7 Å². The second-order valence-electron chi connectivity index (χ2n) is 5.56. The first-order chi connectivity index (χ1) is 12.5. The minimum absolute atomic E-state index is 0.109. The number of amides is 1. The predicted molar refractivity (Wildman–Crippen MR) is 97.2 cm³/mol. The molecule has 7 nitrogen and oxygen atoms in total. The third kappa shape index (κ3) is 4.07. The lowest BCUT2D eigenvalue weighted by Gasteiger charge is -2.08. The van der Waals surface area contributed by atoms with Crippen molar-refractivity contribution in [1.82, 2.24) is 9.55 Å². The number of carbonyl (C=O) groups is 1. The van der Waals surface area contributed by atoms with E-state index < -0.39 is 0 Å². The van der Waals surface area contributed by atoms with E-state index in [9.17, 15) is 14.7 Å². The van der Waals surface area contributed by atoms with Gasteiger partial charge in [-0.05, 0) is 48.5 Å². The SMILES string of the molecule is COc1ccc(-c2cc(=O)n(CC(=O)Nc3ccc(O)cc3)cn2)cc1. The maximum absolute atomic E-state index is 12.3. The monoisotopic (exact) mass is 351 g/mol. The number of nitrogens with one attached hydrogen (secondary N) is 1. The lowest BCUT2D eigenvalue weighted by molar-refractivity contribution is -0.116. The van der Waals surface area contributed by atoms with Crippen molar-refractivity contribution in [1.29, 1.82) is 0 Å². The molecule has 0 aliphatic heterocycles. The maximum Gasteiger partial charge on any atom is 0.254 e. The van der Waals surface area contributed by atoms with Crippen LogP contribution < -0.4 is 15.6 Å². The maximum atomic E-state index is 12.3. The van der Waals surface area contributed by atoms with Gasteiger partial charge in [0.2, 0.25) is 5.91 Å². The highest BCUT2D eigenvalue weighted by Gasteiger charge is 2.08. The quantitative estimate of drug-likeness (QED) is 0.688. The Morgan fingerprint density at radius 1 is 1.15 bits per heavy atom. The van der Waals surface area contributed by atoms with Crippen molar-refractivity contribution in [3.63, 3.8) is 0 Å². The molecule has 2 N–H and O–H groups in total. The van der Waals surface area contributed by atoms with Crippen molar-refractivity contribution in [2.45, 2.75) is 6.54 Å². The standard InChI is InChI=1S/C19H17N3O4/c1-26-16-8-2-13(3-9-16)17-10-19(25)22(12-20-17)11-18(24)21-14-4-6-15(23)7-5-14/h2-10,12,23H,11H2,1H3,(H,21,24). The fraction of sp³-hybridized carbons (Fsp3) is 0.105. The molecule has 0 bridgehead atoms. The van der Waals surface area contributed by atoms with Crippen LogP contribution in [0.2, 0.25) is 0 Å². The normalized spacial score (nSPS) is 10.3. The molecular weight excluding hydrogens is 334 g/mol. The first-order valence-corrected chi connectivity index (χ1v) is 7.85. The number of hydrogen-bond donors (Lipinski definition) is 2. The minimum Gasteiger partial charge on any atom is -0.508 e. The molecule has 0 aliphatic carbocycles. The summed E-state index contributed by atoms with van der Waals surface area (Å²) in [4.78, 5) is 28.6. The number of benzene rings is 2. The molecule has 0 atom stereocenters. The average Bonchev–Trinajstić information content (AvgIpc) is 2.65. The molecule has 1 heterocycles. The van der Waals surface area contributed by atoms with Gasteiger partial charge in [0.05, 0.1) is 19.1 Å². The lowest BCUT2D eigenvalue weighted by Crippen LogP contribution is -2.27. The highest BCUT2D eigenvalue weighted by molar-refractivity contribution is 5.90. The number of aromatic hydroxyl groups is 1. The van der Waals surface area contributed by atoms with Crippen molar-refractivity contribution in [3.8, 4) is 22.8 Å². The van der Waals surface area contributed by atoms with Gasteiger partial charge in [0.25, 0.3) is 5.56 Å². The summed E-state index contributed by atoms with van der Waals surface area (Å²) in [7, 11) is 1.58. The van der Waals surface area contributed by atoms with Crippen molar-refractivity contribution < 1.29 is 14.6 Å². The number of anilines is 1. The molecule has 3 aromatic rings. The van der Waals surface area contributed by atoms with Crippen LogP contribution in [0.1, 0.15) is 0 Å². The van der Waals surface area contributed by atoms with Gasteiger partial charge in [0.1, 0.15) is 18.0 Å². The smallest absolute Gasteiger partial charge is 0.254 e. The number of rotatable bonds is 5. The highest BCUT2D eigenvalue weighted by atomic mass is 16.5. The molecule has 0 saturated heterocycles. The van der Waals surface area contributed by atoms with E-state index in [4.69, 9.17) is 4.74 Å². The number of ether oxygens (including phenoxy) is 1. The van der Waals surface area contributed by atoms with Gasteiger partial charge < -0.3 is 15.2 Å². The van der Waals surface area contributed by atoms with E-state index in [2.05, 4.69) is 10.3 Å². The summed E-state index contributed by atoms with van der Waals surface area (Å²) < 4.78 is 6.33. The third-order valence-electron chi connectivity index (χ3n) is 3.73. The van der Waals surface area contributed by atoms with Gasteiger partial charge in [-0.3, -0.25) is 14.2 Å². The van der Waals surface area contributed by atoms with Crippen LogP contribution in [0.5, 0.6) is 11.5 Å². The Bertz CT molecular complexity index is 963. The van der Waals surface area contributed by atoms with Crippen LogP contribution in [-0.2, 0) is 11.3 Å². The Hall–Kier alpha value is -3.61. The first-order valence-electron chi connectivity index (χ1n) is 7.85. The summed E-state index contributed by atoms with van der Waals surface area (Å²) in [6.07, 6.45) is 1.35. The molecular formula is C19H17N3O4. The predicted octanol–water partition coefficient (Wildman–Crippen LogP) is 2.26. The topological polar surface area (TPSA) is 93.5 Å². The highest BCUT2D eigenvalue weighted by Crippen LogP contribution is 2.19. The van der Waals surface area contributed by atoms with E-state index in [0.717, 1.165) is 5.56 Å². The molecule has 132 valence electrons. The van der Waals surface area contributed by atoms with Crippen LogP contribution in [0.3, 0.4) is 0 Å². The number of nitrogens with zero attached hydrogens (tertiary/aromatic N) is 2. The number of phenolic OH excluding ortho intramolecular Hbond substituents is 1. The number of aromatic nitrogens is 2. The van der Waals surface area contributed by atoms with Crippen molar-refractivity contribution in [3.05, 3.63) is 71.3 Å². The molecule has 1 amide bonds. The van der Waals surface area contributed by atoms with Crippen LogP contribution in [-0.4, -0.2) is 27.7 Å². The molecule has 26 heavy (non-hydrogen) atoms. The van der Waals surface area contributed by atoms with E-state index in [1.54, 1.807) is 31.4 Å². The van der Waals surface area contributed by atoms with Crippen LogP contribution in [0, 0.1) is 0 Å². The van der Waals surface area contributed by atoms with Crippen molar-refractivity contribution in [2.75, 3.05) is 12.4 Å². The van der Waals surface area contributed by atoms with Crippen LogP contribution in [0.25, 0.3) is 11.3 Å². The van der Waals surface area contributed by atoms with E-state index in [1.807, 2.05) is 12.1 Å². The van der Waals surface area contributed by atoms with Gasteiger partial charge in [-0.1, -0.05) is 0 Å². The Morgan fingerprint density at radius 3 is 2.46 bits per heavy atom. The first kappa shape index (κ1) is 17.2.